The van der Waals surface area contributed by atoms with Crippen molar-refractivity contribution >= 4 is 28.9 Å². The van der Waals surface area contributed by atoms with Crippen molar-refractivity contribution in [2.75, 3.05) is 5.73 Å². The molecule has 1 atom stereocenters. The molecule has 3 rings (SSSR count). The topological polar surface area (TPSA) is 113 Å². The number of nitrogens with two attached hydrogens (primary N) is 1. The first kappa shape index (κ1) is 9.64. The molecule has 17 heavy (non-hydrogen) atoms. The predicted octanol–water partition coefficient (Wildman–Crippen LogP) is 0.0256. The van der Waals surface area contributed by atoms with Crippen molar-refractivity contribution in [2.45, 2.75) is 6.04 Å². The minimum Gasteiger partial charge on any atom is -0.369 e. The van der Waals surface area contributed by atoms with Gasteiger partial charge in [0.05, 0.1) is 11.0 Å². The molecule has 7 heteroatoms. The van der Waals surface area contributed by atoms with Crippen molar-refractivity contribution in [3.8, 4) is 0 Å². The molecule has 0 aliphatic carbocycles. The molecule has 86 valence electrons. The fourth-order valence-electron chi connectivity index (χ4n) is 1.88. The van der Waals surface area contributed by atoms with Gasteiger partial charge in [-0.05, 0) is 17.7 Å². The van der Waals surface area contributed by atoms with E-state index in [4.69, 9.17) is 5.73 Å². The number of urea groups is 1. The molecule has 7 nitrogen and oxygen atoms in total. The van der Waals surface area contributed by atoms with Crippen LogP contribution in [0.25, 0.3) is 11.0 Å². The fourth-order valence-corrected chi connectivity index (χ4v) is 1.88. The second-order valence-electron chi connectivity index (χ2n) is 3.79. The summed E-state index contributed by atoms with van der Waals surface area (Å²) < 4.78 is 0. The molecule has 1 fully saturated rings. The van der Waals surface area contributed by atoms with Gasteiger partial charge in [0.1, 0.15) is 6.04 Å². The van der Waals surface area contributed by atoms with Crippen LogP contribution in [0.3, 0.4) is 0 Å². The van der Waals surface area contributed by atoms with Gasteiger partial charge in [0.25, 0.3) is 5.91 Å². The number of carbonyl (C=O) groups is 2. The van der Waals surface area contributed by atoms with E-state index in [9.17, 15) is 9.59 Å². The summed E-state index contributed by atoms with van der Waals surface area (Å²) in [6.07, 6.45) is 0. The van der Waals surface area contributed by atoms with E-state index >= 15 is 0 Å². The zero-order chi connectivity index (χ0) is 12.0. The Kier molecular flexibility index (Phi) is 1.82. The number of imide groups is 1. The average molecular weight is 231 g/mol. The van der Waals surface area contributed by atoms with Crippen molar-refractivity contribution in [2.24, 2.45) is 0 Å². The molecule has 1 unspecified atom stereocenters. The number of nitrogens with one attached hydrogen (secondary N) is 3. The Hall–Kier alpha value is -2.57. The third kappa shape index (κ3) is 1.48. The number of fused-ring (bicyclic) bond motifs is 1. The summed E-state index contributed by atoms with van der Waals surface area (Å²) in [5.74, 6) is -0.0427. The monoisotopic (exact) mass is 231 g/mol. The molecule has 5 N–H and O–H groups in total. The van der Waals surface area contributed by atoms with Gasteiger partial charge in [-0.1, -0.05) is 6.07 Å². The van der Waals surface area contributed by atoms with Crippen LogP contribution in [-0.2, 0) is 4.79 Å². The van der Waals surface area contributed by atoms with E-state index in [0.29, 0.717) is 11.5 Å². The molecule has 1 aliphatic rings. The standard InChI is InChI=1S/C10H9N5O2/c11-9-12-5-2-1-4(3-6(5)13-9)7-8(16)15-10(17)14-7/h1-3,7H,(H3,11,12,13)(H2,14,15,16,17). The summed E-state index contributed by atoms with van der Waals surface area (Å²) in [6.45, 7) is 0. The number of aromatic amines is 1. The number of hydrogen-bond donors (Lipinski definition) is 4. The summed E-state index contributed by atoms with van der Waals surface area (Å²) in [5, 5.41) is 4.71. The Balaban J connectivity index is 2.05. The molecule has 1 saturated heterocycles. The van der Waals surface area contributed by atoms with Gasteiger partial charge in [-0.3, -0.25) is 10.1 Å². The van der Waals surface area contributed by atoms with Crippen molar-refractivity contribution in [3.63, 3.8) is 0 Å². The SMILES string of the molecule is Nc1nc2ccc(C3NC(=O)NC3=O)cc2[nH]1. The van der Waals surface area contributed by atoms with Gasteiger partial charge in [-0.15, -0.1) is 0 Å². The second-order valence-corrected chi connectivity index (χ2v) is 3.79. The van der Waals surface area contributed by atoms with Crippen molar-refractivity contribution in [3.05, 3.63) is 23.8 Å². The number of H-pyrrole nitrogens is 1. The first-order valence-electron chi connectivity index (χ1n) is 5.00. The Morgan fingerprint density at radius 2 is 2.12 bits per heavy atom. The number of carbonyl (C=O) groups excluding carboxylic acids is 2. The lowest BCUT2D eigenvalue weighted by Crippen LogP contribution is -2.22. The molecule has 2 aromatic rings. The van der Waals surface area contributed by atoms with Crippen LogP contribution in [0.15, 0.2) is 18.2 Å². The fraction of sp³-hybridized carbons (Fsp3) is 0.100. The van der Waals surface area contributed by atoms with Gasteiger partial charge in [0.15, 0.2) is 5.95 Å². The summed E-state index contributed by atoms with van der Waals surface area (Å²) in [5.41, 5.74) is 7.66. The number of aromatic nitrogens is 2. The molecule has 1 aromatic carbocycles. The molecular formula is C10H9N5O2. The lowest BCUT2D eigenvalue weighted by Gasteiger charge is -2.06. The third-order valence-electron chi connectivity index (χ3n) is 2.63. The number of anilines is 1. The van der Waals surface area contributed by atoms with E-state index in [1.807, 2.05) is 0 Å². The van der Waals surface area contributed by atoms with Gasteiger partial charge in [0, 0.05) is 0 Å². The van der Waals surface area contributed by atoms with Crippen LogP contribution in [-0.4, -0.2) is 21.9 Å². The maximum absolute atomic E-state index is 11.5. The Labute approximate surface area is 95.4 Å². The van der Waals surface area contributed by atoms with Gasteiger partial charge >= 0.3 is 6.03 Å². The molecule has 3 amide bonds. The number of imidazole rings is 1. The first-order valence-corrected chi connectivity index (χ1v) is 5.00. The molecule has 1 aliphatic heterocycles. The van der Waals surface area contributed by atoms with Crippen LogP contribution < -0.4 is 16.4 Å². The van der Waals surface area contributed by atoms with Crippen molar-refractivity contribution in [1.29, 1.82) is 0 Å². The predicted molar refractivity (Wildman–Crippen MR) is 59.9 cm³/mol. The largest absolute Gasteiger partial charge is 0.369 e. The number of rotatable bonds is 1. The van der Waals surface area contributed by atoms with E-state index in [-0.39, 0.29) is 5.91 Å². The molecular weight excluding hydrogens is 222 g/mol. The smallest absolute Gasteiger partial charge is 0.322 e. The van der Waals surface area contributed by atoms with E-state index in [1.54, 1.807) is 18.2 Å². The molecule has 2 heterocycles. The Morgan fingerprint density at radius 1 is 1.29 bits per heavy atom. The van der Waals surface area contributed by atoms with Crippen molar-refractivity contribution < 1.29 is 9.59 Å². The summed E-state index contributed by atoms with van der Waals surface area (Å²) >= 11 is 0. The van der Waals surface area contributed by atoms with Crippen LogP contribution in [0, 0.1) is 0 Å². The van der Waals surface area contributed by atoms with Gasteiger partial charge < -0.3 is 16.0 Å². The van der Waals surface area contributed by atoms with Crippen LogP contribution in [0.4, 0.5) is 10.7 Å². The third-order valence-corrected chi connectivity index (χ3v) is 2.63. The zero-order valence-corrected chi connectivity index (χ0v) is 8.65. The molecule has 1 aromatic heterocycles. The molecule has 0 saturated carbocycles. The highest BCUT2D eigenvalue weighted by molar-refractivity contribution is 6.04. The molecule has 0 radical (unpaired) electrons. The minimum absolute atomic E-state index is 0.317. The van der Waals surface area contributed by atoms with Crippen LogP contribution in [0.1, 0.15) is 11.6 Å². The maximum Gasteiger partial charge on any atom is 0.322 e. The highest BCUT2D eigenvalue weighted by Gasteiger charge is 2.30. The van der Waals surface area contributed by atoms with Gasteiger partial charge in [-0.25, -0.2) is 9.78 Å². The van der Waals surface area contributed by atoms with E-state index in [1.165, 1.54) is 0 Å². The van der Waals surface area contributed by atoms with Crippen molar-refractivity contribution in [1.82, 2.24) is 20.6 Å². The zero-order valence-electron chi connectivity index (χ0n) is 8.65. The number of amides is 3. The lowest BCUT2D eigenvalue weighted by molar-refractivity contribution is -0.120. The normalized spacial score (nSPS) is 19.4. The summed E-state index contributed by atoms with van der Waals surface area (Å²) in [4.78, 5) is 29.4. The van der Waals surface area contributed by atoms with E-state index < -0.39 is 12.1 Å². The van der Waals surface area contributed by atoms with Crippen LogP contribution >= 0.6 is 0 Å². The minimum atomic E-state index is -0.656. The van der Waals surface area contributed by atoms with Gasteiger partial charge in [0.2, 0.25) is 0 Å². The lowest BCUT2D eigenvalue weighted by atomic mass is 10.1. The highest BCUT2D eigenvalue weighted by Crippen LogP contribution is 2.21. The Bertz CT molecular complexity index is 633. The number of hydrogen-bond acceptors (Lipinski definition) is 4. The molecule has 0 spiro atoms. The maximum atomic E-state index is 11.5. The Morgan fingerprint density at radius 3 is 2.82 bits per heavy atom. The highest BCUT2D eigenvalue weighted by atomic mass is 16.2. The van der Waals surface area contributed by atoms with Gasteiger partial charge in [-0.2, -0.15) is 0 Å². The summed E-state index contributed by atoms with van der Waals surface area (Å²) in [7, 11) is 0. The van der Waals surface area contributed by atoms with Crippen LogP contribution in [0.5, 0.6) is 0 Å². The average Bonchev–Trinajstić information content (AvgIpc) is 2.78. The molecule has 0 bridgehead atoms. The summed E-state index contributed by atoms with van der Waals surface area (Å²) in [6, 6.07) is 4.09. The van der Waals surface area contributed by atoms with E-state index in [2.05, 4.69) is 20.6 Å². The number of nitrogen functional groups attached to an aromatic ring is 1. The van der Waals surface area contributed by atoms with Crippen LogP contribution in [0.2, 0.25) is 0 Å². The number of nitrogens with zero attached hydrogens (tertiary/aromatic N) is 1. The first-order chi connectivity index (χ1) is 8.13. The second kappa shape index (κ2) is 3.21. The quantitative estimate of drug-likeness (QED) is 0.518. The van der Waals surface area contributed by atoms with E-state index in [0.717, 1.165) is 11.0 Å². The number of benzene rings is 1.